The number of aromatic amines is 1. The summed E-state index contributed by atoms with van der Waals surface area (Å²) in [5.74, 6) is 0.590. The molecule has 2 rings (SSSR count). The third-order valence-corrected chi connectivity index (χ3v) is 3.94. The van der Waals surface area contributed by atoms with E-state index in [0.29, 0.717) is 31.9 Å². The standard InChI is InChI=1S/C9H15N3O3S/c1-7-10-6-9(11-7)16(13,14)12-8-2-4-15-5-3-8/h6,8,12H,2-5H2,1H3,(H,10,11). The lowest BCUT2D eigenvalue weighted by atomic mass is 10.1. The Morgan fingerprint density at radius 1 is 1.50 bits per heavy atom. The second-order valence-corrected chi connectivity index (χ2v) is 5.52. The molecule has 0 radical (unpaired) electrons. The van der Waals surface area contributed by atoms with E-state index in [4.69, 9.17) is 4.74 Å². The minimum Gasteiger partial charge on any atom is -0.381 e. The van der Waals surface area contributed by atoms with Crippen LogP contribution in [0.5, 0.6) is 0 Å². The summed E-state index contributed by atoms with van der Waals surface area (Å²) in [7, 11) is -3.46. The summed E-state index contributed by atoms with van der Waals surface area (Å²) >= 11 is 0. The van der Waals surface area contributed by atoms with Crippen molar-refractivity contribution >= 4 is 10.0 Å². The first kappa shape index (κ1) is 11.6. The first-order chi connectivity index (χ1) is 7.58. The molecule has 0 aliphatic carbocycles. The van der Waals surface area contributed by atoms with Gasteiger partial charge in [-0.3, -0.25) is 0 Å². The summed E-state index contributed by atoms with van der Waals surface area (Å²) in [4.78, 5) is 6.59. The maximum Gasteiger partial charge on any atom is 0.257 e. The molecule has 1 fully saturated rings. The predicted molar refractivity (Wildman–Crippen MR) is 57.5 cm³/mol. The Kier molecular flexibility index (Phi) is 3.27. The van der Waals surface area contributed by atoms with Gasteiger partial charge in [-0.1, -0.05) is 0 Å². The lowest BCUT2D eigenvalue weighted by Gasteiger charge is -2.22. The molecule has 0 amide bonds. The van der Waals surface area contributed by atoms with Crippen LogP contribution in [-0.4, -0.2) is 37.6 Å². The van der Waals surface area contributed by atoms with Crippen LogP contribution in [0.3, 0.4) is 0 Å². The van der Waals surface area contributed by atoms with Gasteiger partial charge in [0, 0.05) is 19.3 Å². The lowest BCUT2D eigenvalue weighted by Crippen LogP contribution is -2.38. The number of sulfonamides is 1. The Bertz CT molecular complexity index is 448. The molecule has 2 heterocycles. The summed E-state index contributed by atoms with van der Waals surface area (Å²) in [5.41, 5.74) is 0. The predicted octanol–water partition coefficient (Wildman–Crippen LogP) is 0.175. The van der Waals surface area contributed by atoms with Crippen molar-refractivity contribution in [3.63, 3.8) is 0 Å². The van der Waals surface area contributed by atoms with Crippen molar-refractivity contribution in [2.45, 2.75) is 30.8 Å². The van der Waals surface area contributed by atoms with Crippen molar-refractivity contribution in [3.05, 3.63) is 12.0 Å². The quantitative estimate of drug-likeness (QED) is 0.795. The molecule has 1 aromatic heterocycles. The number of hydrogen-bond acceptors (Lipinski definition) is 4. The number of rotatable bonds is 3. The van der Waals surface area contributed by atoms with Gasteiger partial charge in [0.15, 0.2) is 5.03 Å². The van der Waals surface area contributed by atoms with Crippen LogP contribution in [0.2, 0.25) is 0 Å². The molecular formula is C9H15N3O3S. The van der Waals surface area contributed by atoms with Gasteiger partial charge in [0.1, 0.15) is 5.82 Å². The zero-order chi connectivity index (χ0) is 11.6. The Hall–Kier alpha value is -0.920. The average Bonchev–Trinajstić information content (AvgIpc) is 2.66. The minimum atomic E-state index is -3.46. The molecule has 0 aromatic carbocycles. The Morgan fingerprint density at radius 2 is 2.19 bits per heavy atom. The van der Waals surface area contributed by atoms with E-state index in [0.717, 1.165) is 0 Å². The van der Waals surface area contributed by atoms with Gasteiger partial charge in [-0.05, 0) is 19.8 Å². The number of H-pyrrole nitrogens is 1. The van der Waals surface area contributed by atoms with Gasteiger partial charge in [-0.2, -0.15) is 0 Å². The van der Waals surface area contributed by atoms with Crippen LogP contribution in [0.1, 0.15) is 18.7 Å². The van der Waals surface area contributed by atoms with Crippen molar-refractivity contribution in [1.29, 1.82) is 0 Å². The van der Waals surface area contributed by atoms with Gasteiger partial charge in [0.05, 0.1) is 6.20 Å². The maximum absolute atomic E-state index is 11.9. The first-order valence-electron chi connectivity index (χ1n) is 5.19. The third kappa shape index (κ3) is 2.60. The molecule has 7 heteroatoms. The number of nitrogens with one attached hydrogen (secondary N) is 2. The molecule has 2 N–H and O–H groups in total. The van der Waals surface area contributed by atoms with Gasteiger partial charge in [0.25, 0.3) is 10.0 Å². The van der Waals surface area contributed by atoms with Crippen LogP contribution in [0.25, 0.3) is 0 Å². The van der Waals surface area contributed by atoms with Crippen LogP contribution >= 0.6 is 0 Å². The number of ether oxygens (including phenoxy) is 1. The van der Waals surface area contributed by atoms with Crippen molar-refractivity contribution in [2.75, 3.05) is 13.2 Å². The van der Waals surface area contributed by atoms with Crippen LogP contribution in [0.15, 0.2) is 11.2 Å². The fourth-order valence-corrected chi connectivity index (χ4v) is 2.91. The molecule has 0 spiro atoms. The van der Waals surface area contributed by atoms with E-state index in [1.165, 1.54) is 6.20 Å². The van der Waals surface area contributed by atoms with Crippen molar-refractivity contribution in [2.24, 2.45) is 0 Å². The summed E-state index contributed by atoms with van der Waals surface area (Å²) < 4.78 is 31.6. The van der Waals surface area contributed by atoms with Gasteiger partial charge in [-0.15, -0.1) is 0 Å². The van der Waals surface area contributed by atoms with Crippen molar-refractivity contribution in [1.82, 2.24) is 14.7 Å². The lowest BCUT2D eigenvalue weighted by molar-refractivity contribution is 0.0832. The van der Waals surface area contributed by atoms with Gasteiger partial charge in [0.2, 0.25) is 0 Å². The highest BCUT2D eigenvalue weighted by Crippen LogP contribution is 2.11. The van der Waals surface area contributed by atoms with E-state index < -0.39 is 10.0 Å². The second-order valence-electron chi connectivity index (χ2n) is 3.84. The molecule has 1 saturated heterocycles. The molecule has 6 nitrogen and oxygen atoms in total. The molecule has 1 aliphatic rings. The van der Waals surface area contributed by atoms with E-state index in [1.807, 2.05) is 0 Å². The third-order valence-electron chi connectivity index (χ3n) is 2.51. The topological polar surface area (TPSA) is 84.1 Å². The number of aryl methyl sites for hydroxylation is 1. The van der Waals surface area contributed by atoms with E-state index in [2.05, 4.69) is 14.7 Å². The molecule has 1 aromatic rings. The smallest absolute Gasteiger partial charge is 0.257 e. The second kappa shape index (κ2) is 4.52. The molecule has 0 unspecified atom stereocenters. The van der Waals surface area contributed by atoms with Crippen LogP contribution in [-0.2, 0) is 14.8 Å². The number of hydrogen-bond donors (Lipinski definition) is 2. The summed E-state index contributed by atoms with van der Waals surface area (Å²) in [6.07, 6.45) is 2.76. The molecule has 16 heavy (non-hydrogen) atoms. The average molecular weight is 245 g/mol. The molecule has 90 valence electrons. The number of imidazole rings is 1. The molecule has 0 saturated carbocycles. The normalized spacial score (nSPS) is 18.8. The Labute approximate surface area is 94.5 Å². The molecular weight excluding hydrogens is 230 g/mol. The monoisotopic (exact) mass is 245 g/mol. The summed E-state index contributed by atoms with van der Waals surface area (Å²) in [5, 5.41) is 0.122. The highest BCUT2D eigenvalue weighted by Gasteiger charge is 2.23. The summed E-state index contributed by atoms with van der Waals surface area (Å²) in [6.45, 7) is 2.93. The zero-order valence-corrected chi connectivity index (χ0v) is 9.88. The van der Waals surface area contributed by atoms with Gasteiger partial charge >= 0.3 is 0 Å². The highest BCUT2D eigenvalue weighted by atomic mass is 32.2. The number of aromatic nitrogens is 2. The minimum absolute atomic E-state index is 0.0395. The molecule has 0 bridgehead atoms. The highest BCUT2D eigenvalue weighted by molar-refractivity contribution is 7.89. The SMILES string of the molecule is Cc1ncc(S(=O)(=O)NC2CCOCC2)[nH]1. The van der Waals surface area contributed by atoms with Crippen LogP contribution in [0.4, 0.5) is 0 Å². The molecule has 0 atom stereocenters. The maximum atomic E-state index is 11.9. The van der Waals surface area contributed by atoms with Crippen molar-refractivity contribution in [3.8, 4) is 0 Å². The summed E-state index contributed by atoms with van der Waals surface area (Å²) in [6, 6.07) is -0.0395. The van der Waals surface area contributed by atoms with E-state index in [1.54, 1.807) is 6.92 Å². The number of nitrogens with zero attached hydrogens (tertiary/aromatic N) is 1. The fraction of sp³-hybridized carbons (Fsp3) is 0.667. The van der Waals surface area contributed by atoms with Crippen LogP contribution < -0.4 is 4.72 Å². The van der Waals surface area contributed by atoms with Crippen molar-refractivity contribution < 1.29 is 13.2 Å². The van der Waals surface area contributed by atoms with E-state index in [-0.39, 0.29) is 11.1 Å². The first-order valence-corrected chi connectivity index (χ1v) is 6.68. The molecule has 1 aliphatic heterocycles. The van der Waals surface area contributed by atoms with Gasteiger partial charge < -0.3 is 9.72 Å². The Balaban J connectivity index is 2.07. The largest absolute Gasteiger partial charge is 0.381 e. The fourth-order valence-electron chi connectivity index (χ4n) is 1.63. The van der Waals surface area contributed by atoms with Gasteiger partial charge in [-0.25, -0.2) is 18.1 Å². The van der Waals surface area contributed by atoms with Crippen LogP contribution in [0, 0.1) is 6.92 Å². The van der Waals surface area contributed by atoms with E-state index in [9.17, 15) is 8.42 Å². The van der Waals surface area contributed by atoms with E-state index >= 15 is 0 Å². The Morgan fingerprint density at radius 3 is 2.75 bits per heavy atom. The zero-order valence-electron chi connectivity index (χ0n) is 9.06.